The maximum absolute atomic E-state index is 2.80. The maximum Gasteiger partial charge on any atom is 0.248 e. The van der Waals surface area contributed by atoms with E-state index in [1.54, 1.807) is 60.6 Å². The average Bonchev–Trinajstić information content (AvgIpc) is 3.05. The van der Waals surface area contributed by atoms with Crippen molar-refractivity contribution in [1.29, 1.82) is 0 Å². The smallest absolute Gasteiger partial charge is 0.248 e. The van der Waals surface area contributed by atoms with Gasteiger partial charge < -0.3 is 4.90 Å². The van der Waals surface area contributed by atoms with Gasteiger partial charge in [-0.2, -0.15) is 0 Å². The summed E-state index contributed by atoms with van der Waals surface area (Å²) in [6.45, 7) is 27.8. The molecule has 0 saturated heterocycles. The lowest BCUT2D eigenvalue weighted by molar-refractivity contribution is 0.596. The van der Waals surface area contributed by atoms with Crippen molar-refractivity contribution in [1.82, 2.24) is 0 Å². The minimum absolute atomic E-state index is 0.0903. The fraction of sp³-hybridized carbons (Fsp3) is 0.348. The summed E-state index contributed by atoms with van der Waals surface area (Å²) >= 11 is 0. The van der Waals surface area contributed by atoms with Gasteiger partial charge in [-0.05, 0) is 115 Å². The Labute approximate surface area is 293 Å². The summed E-state index contributed by atoms with van der Waals surface area (Å²) in [5.74, 6) is 0. The number of aryl methyl sites for hydroxylation is 2. The topological polar surface area (TPSA) is 3.24 Å². The molecular formula is C46H45B2N. The zero-order valence-corrected chi connectivity index (χ0v) is 31.1. The summed E-state index contributed by atoms with van der Waals surface area (Å²) in [7, 11) is 0. The molecule has 11 rings (SSSR count). The summed E-state index contributed by atoms with van der Waals surface area (Å²) in [6.07, 6.45) is 1.04. The first-order chi connectivity index (χ1) is 23.2. The fourth-order valence-corrected chi connectivity index (χ4v) is 13.2. The van der Waals surface area contributed by atoms with Crippen LogP contribution in [0, 0.1) is 13.8 Å². The zero-order valence-electron chi connectivity index (χ0n) is 31.1. The Kier molecular flexibility index (Phi) is 4.79. The lowest BCUT2D eigenvalue weighted by Gasteiger charge is -2.58. The van der Waals surface area contributed by atoms with Crippen LogP contribution in [0.5, 0.6) is 0 Å². The third-order valence-corrected chi connectivity index (χ3v) is 14.7. The second-order valence-corrected chi connectivity index (χ2v) is 18.4. The molecule has 1 nitrogen and oxygen atoms in total. The van der Waals surface area contributed by atoms with Crippen molar-refractivity contribution in [2.24, 2.45) is 0 Å². The van der Waals surface area contributed by atoms with Crippen LogP contribution in [0.4, 0.5) is 17.1 Å². The molecule has 0 atom stereocenters. The molecule has 0 amide bonds. The van der Waals surface area contributed by atoms with Crippen molar-refractivity contribution < 1.29 is 0 Å². The highest BCUT2D eigenvalue weighted by Crippen LogP contribution is 2.54. The summed E-state index contributed by atoms with van der Waals surface area (Å²) in [4.78, 5) is 2.80. The van der Waals surface area contributed by atoms with Crippen molar-refractivity contribution in [3.8, 4) is 0 Å². The van der Waals surface area contributed by atoms with Crippen LogP contribution in [0.3, 0.4) is 0 Å². The molecule has 240 valence electrons. The summed E-state index contributed by atoms with van der Waals surface area (Å²) in [6, 6.07) is 24.5. The highest BCUT2D eigenvalue weighted by molar-refractivity contribution is 7.04. The lowest BCUT2D eigenvalue weighted by atomic mass is 9.21. The Bertz CT molecular complexity index is 2310. The van der Waals surface area contributed by atoms with Crippen molar-refractivity contribution in [3.05, 3.63) is 122 Å². The van der Waals surface area contributed by atoms with Crippen molar-refractivity contribution in [2.45, 2.75) is 104 Å². The van der Waals surface area contributed by atoms with E-state index in [1.807, 2.05) is 0 Å². The Hall–Kier alpha value is -3.97. The van der Waals surface area contributed by atoms with Crippen molar-refractivity contribution in [3.63, 3.8) is 0 Å². The van der Waals surface area contributed by atoms with Crippen molar-refractivity contribution in [2.75, 3.05) is 4.90 Å². The second kappa shape index (κ2) is 8.15. The number of hydrogen-bond donors (Lipinski definition) is 0. The van der Waals surface area contributed by atoms with Crippen LogP contribution in [0.1, 0.15) is 124 Å². The molecule has 0 aliphatic carbocycles. The predicted molar refractivity (Wildman–Crippen MR) is 211 cm³/mol. The summed E-state index contributed by atoms with van der Waals surface area (Å²) in [5, 5.41) is 0. The van der Waals surface area contributed by atoms with E-state index in [1.165, 1.54) is 50.4 Å². The second-order valence-electron chi connectivity index (χ2n) is 18.4. The Morgan fingerprint density at radius 3 is 1.20 bits per heavy atom. The van der Waals surface area contributed by atoms with Gasteiger partial charge in [0, 0.05) is 38.7 Å². The number of nitrogens with zero attached hydrogens (tertiary/aromatic N) is 1. The number of fused-ring (bicyclic) bond motifs is 2. The Morgan fingerprint density at radius 2 is 0.837 bits per heavy atom. The number of anilines is 3. The van der Waals surface area contributed by atoms with Gasteiger partial charge in [0.1, 0.15) is 0 Å². The zero-order chi connectivity index (χ0) is 34.1. The van der Waals surface area contributed by atoms with Gasteiger partial charge in [0.15, 0.2) is 0 Å². The van der Waals surface area contributed by atoms with E-state index in [9.17, 15) is 0 Å². The normalized spacial score (nSPS) is 19.9. The molecule has 0 spiro atoms. The van der Waals surface area contributed by atoms with E-state index in [2.05, 4.69) is 142 Å². The highest BCUT2D eigenvalue weighted by atomic mass is 15.2. The van der Waals surface area contributed by atoms with E-state index in [-0.39, 0.29) is 35.1 Å². The number of benzene rings is 5. The maximum atomic E-state index is 2.80. The van der Waals surface area contributed by atoms with Gasteiger partial charge in [0.05, 0.1) is 0 Å². The van der Waals surface area contributed by atoms with E-state index < -0.39 is 0 Å². The van der Waals surface area contributed by atoms with Crippen LogP contribution >= 0.6 is 0 Å². The van der Waals surface area contributed by atoms with Crippen LogP contribution in [-0.4, -0.2) is 13.4 Å². The van der Waals surface area contributed by atoms with Gasteiger partial charge in [-0.1, -0.05) is 122 Å². The molecular weight excluding hydrogens is 588 g/mol. The molecule has 6 aliphatic heterocycles. The SMILES string of the molecule is CCc1c2c3c4c5c1C(C)(C)c1cccc6c1B5c1c(ccc(C)c1C6(C)C)N4c1ccc(C)c4c1B3c1c(cccc1C2(C)C)C4(C)C. The highest BCUT2D eigenvalue weighted by Gasteiger charge is 2.60. The molecule has 0 N–H and O–H groups in total. The molecule has 0 aromatic heterocycles. The molecule has 0 unspecified atom stereocenters. The Balaban J connectivity index is 1.44. The average molecular weight is 633 g/mol. The fourth-order valence-electron chi connectivity index (χ4n) is 13.2. The van der Waals surface area contributed by atoms with Gasteiger partial charge in [-0.15, -0.1) is 0 Å². The monoisotopic (exact) mass is 633 g/mol. The van der Waals surface area contributed by atoms with Gasteiger partial charge in [0.2, 0.25) is 13.4 Å². The molecule has 5 aromatic carbocycles. The molecule has 0 radical (unpaired) electrons. The molecule has 49 heavy (non-hydrogen) atoms. The molecule has 6 aliphatic rings. The minimum Gasteiger partial charge on any atom is -0.312 e. The number of rotatable bonds is 1. The first kappa shape index (κ1) is 28.8. The molecule has 6 heterocycles. The van der Waals surface area contributed by atoms with E-state index in [0.29, 0.717) is 0 Å². The summed E-state index contributed by atoms with van der Waals surface area (Å²) < 4.78 is 0. The summed E-state index contributed by atoms with van der Waals surface area (Å²) in [5.41, 5.74) is 30.4. The van der Waals surface area contributed by atoms with E-state index >= 15 is 0 Å². The first-order valence-corrected chi connectivity index (χ1v) is 18.8. The third-order valence-electron chi connectivity index (χ3n) is 14.7. The van der Waals surface area contributed by atoms with Gasteiger partial charge in [0.25, 0.3) is 0 Å². The van der Waals surface area contributed by atoms with Gasteiger partial charge in [-0.25, -0.2) is 0 Å². The van der Waals surface area contributed by atoms with Crippen LogP contribution in [-0.2, 0) is 28.1 Å². The minimum atomic E-state index is -0.125. The van der Waals surface area contributed by atoms with E-state index in [0.717, 1.165) is 6.42 Å². The van der Waals surface area contributed by atoms with Crippen LogP contribution in [0.25, 0.3) is 0 Å². The first-order valence-electron chi connectivity index (χ1n) is 18.8. The van der Waals surface area contributed by atoms with Gasteiger partial charge >= 0.3 is 0 Å². The molecule has 0 fully saturated rings. The predicted octanol–water partition coefficient (Wildman–Crippen LogP) is 6.55. The van der Waals surface area contributed by atoms with Crippen LogP contribution in [0.2, 0.25) is 0 Å². The third kappa shape index (κ3) is 2.75. The van der Waals surface area contributed by atoms with E-state index in [4.69, 9.17) is 0 Å². The largest absolute Gasteiger partial charge is 0.312 e. The van der Waals surface area contributed by atoms with Crippen LogP contribution in [0.15, 0.2) is 60.7 Å². The lowest BCUT2D eigenvalue weighted by Crippen LogP contribution is -2.75. The van der Waals surface area contributed by atoms with Crippen molar-refractivity contribution >= 4 is 63.3 Å². The molecule has 3 heteroatoms. The quantitative estimate of drug-likeness (QED) is 0.186. The Morgan fingerprint density at radius 1 is 0.469 bits per heavy atom. The van der Waals surface area contributed by atoms with Crippen LogP contribution < -0.4 is 37.7 Å². The molecule has 5 aromatic rings. The molecule has 0 bridgehead atoms. The standard InChI is InChI=1S/C46H45B2N/c1-12-25-34-40-42-41-35(25)46(10,11)29-18-14-16-27-37(29)48(41)39-31(22-20-24(3)33(39)44(27,6)7)49(42)30-21-19-23(2)32-38(30)47(40)36-26(43(32,4)5)15-13-17-28(36)45(34,8)9/h13-22H,12H2,1-11H3. The molecule has 0 saturated carbocycles. The van der Waals surface area contributed by atoms with Gasteiger partial charge in [-0.3, -0.25) is 0 Å². The number of hydrogen-bond acceptors (Lipinski definition) is 1.